The third-order valence-corrected chi connectivity index (χ3v) is 4.31. The SMILES string of the molecule is C[C@@H]1CCC[C@@H](C[C@H](O)c2ccccc2)N1C(=O)OC(C)(C)C. The number of nitrogens with zero attached hydrogens (tertiary/aromatic N) is 1. The molecule has 0 spiro atoms. The van der Waals surface area contributed by atoms with Crippen molar-refractivity contribution in [3.8, 4) is 0 Å². The molecule has 0 bridgehead atoms. The number of hydrogen-bond donors (Lipinski definition) is 1. The minimum absolute atomic E-state index is 0.0174. The van der Waals surface area contributed by atoms with Gasteiger partial charge in [0.25, 0.3) is 0 Å². The molecule has 1 aliphatic heterocycles. The van der Waals surface area contributed by atoms with Crippen LogP contribution in [-0.2, 0) is 4.74 Å². The number of amides is 1. The van der Waals surface area contributed by atoms with Gasteiger partial charge < -0.3 is 14.7 Å². The number of ether oxygens (including phenoxy) is 1. The summed E-state index contributed by atoms with van der Waals surface area (Å²) >= 11 is 0. The van der Waals surface area contributed by atoms with Crippen molar-refractivity contribution in [3.05, 3.63) is 35.9 Å². The molecule has 23 heavy (non-hydrogen) atoms. The van der Waals surface area contributed by atoms with Gasteiger partial charge in [0.05, 0.1) is 6.10 Å². The van der Waals surface area contributed by atoms with Crippen molar-refractivity contribution in [1.29, 1.82) is 0 Å². The average molecular weight is 319 g/mol. The van der Waals surface area contributed by atoms with Gasteiger partial charge in [-0.25, -0.2) is 4.79 Å². The first kappa shape index (κ1) is 17.8. The van der Waals surface area contributed by atoms with E-state index in [1.807, 2.05) is 56.0 Å². The van der Waals surface area contributed by atoms with E-state index in [1.165, 1.54) is 0 Å². The van der Waals surface area contributed by atoms with E-state index in [0.29, 0.717) is 6.42 Å². The van der Waals surface area contributed by atoms with E-state index >= 15 is 0 Å². The Hall–Kier alpha value is -1.55. The second-order valence-electron chi connectivity index (χ2n) is 7.48. The smallest absolute Gasteiger partial charge is 0.410 e. The number of aliphatic hydroxyl groups excluding tert-OH is 1. The third kappa shape index (κ3) is 4.96. The maximum absolute atomic E-state index is 12.6. The van der Waals surface area contributed by atoms with E-state index in [9.17, 15) is 9.90 Å². The molecule has 0 unspecified atom stereocenters. The van der Waals surface area contributed by atoms with Crippen LogP contribution >= 0.6 is 0 Å². The first-order chi connectivity index (χ1) is 10.8. The van der Waals surface area contributed by atoms with Gasteiger partial charge in [-0.2, -0.15) is 0 Å². The zero-order chi connectivity index (χ0) is 17.0. The summed E-state index contributed by atoms with van der Waals surface area (Å²) in [6.07, 6.45) is 2.69. The van der Waals surface area contributed by atoms with Gasteiger partial charge in [-0.3, -0.25) is 0 Å². The maximum atomic E-state index is 12.6. The van der Waals surface area contributed by atoms with Crippen molar-refractivity contribution in [3.63, 3.8) is 0 Å². The number of hydrogen-bond acceptors (Lipinski definition) is 3. The molecule has 1 aliphatic rings. The molecular weight excluding hydrogens is 290 g/mol. The van der Waals surface area contributed by atoms with Gasteiger partial charge in [0.2, 0.25) is 0 Å². The van der Waals surface area contributed by atoms with Crippen LogP contribution in [0.5, 0.6) is 0 Å². The summed E-state index contributed by atoms with van der Waals surface area (Å²) in [5.41, 5.74) is 0.395. The van der Waals surface area contributed by atoms with Crippen LogP contribution < -0.4 is 0 Å². The van der Waals surface area contributed by atoms with Crippen LogP contribution in [0.1, 0.15) is 65.0 Å². The number of carbonyl (C=O) groups excluding carboxylic acids is 1. The summed E-state index contributed by atoms with van der Waals surface area (Å²) in [4.78, 5) is 14.4. The fourth-order valence-electron chi connectivity index (χ4n) is 3.23. The summed E-state index contributed by atoms with van der Waals surface area (Å²) in [6.45, 7) is 7.71. The van der Waals surface area contributed by atoms with E-state index in [0.717, 1.165) is 24.8 Å². The molecule has 1 aromatic rings. The van der Waals surface area contributed by atoms with Crippen molar-refractivity contribution in [2.24, 2.45) is 0 Å². The molecule has 1 saturated heterocycles. The molecule has 1 aromatic carbocycles. The lowest BCUT2D eigenvalue weighted by Gasteiger charge is -2.41. The Morgan fingerprint density at radius 2 is 1.96 bits per heavy atom. The van der Waals surface area contributed by atoms with Gasteiger partial charge in [-0.15, -0.1) is 0 Å². The second kappa shape index (κ2) is 7.35. The molecule has 0 saturated carbocycles. The lowest BCUT2D eigenvalue weighted by molar-refractivity contribution is -0.0112. The largest absolute Gasteiger partial charge is 0.444 e. The summed E-state index contributed by atoms with van der Waals surface area (Å²) in [5, 5.41) is 10.5. The fraction of sp³-hybridized carbons (Fsp3) is 0.632. The second-order valence-corrected chi connectivity index (χ2v) is 7.48. The maximum Gasteiger partial charge on any atom is 0.410 e. The van der Waals surface area contributed by atoms with Crippen LogP contribution in [0.4, 0.5) is 4.79 Å². The van der Waals surface area contributed by atoms with E-state index in [4.69, 9.17) is 4.74 Å². The molecule has 128 valence electrons. The molecule has 1 N–H and O–H groups in total. The summed E-state index contributed by atoms with van der Waals surface area (Å²) in [5.74, 6) is 0. The first-order valence-corrected chi connectivity index (χ1v) is 8.52. The lowest BCUT2D eigenvalue weighted by Crippen LogP contribution is -2.51. The van der Waals surface area contributed by atoms with Gasteiger partial charge >= 0.3 is 6.09 Å². The number of rotatable bonds is 3. The van der Waals surface area contributed by atoms with Gasteiger partial charge in [-0.1, -0.05) is 30.3 Å². The van der Waals surface area contributed by atoms with Crippen molar-refractivity contribution >= 4 is 6.09 Å². The van der Waals surface area contributed by atoms with Crippen LogP contribution in [0.3, 0.4) is 0 Å². The van der Waals surface area contributed by atoms with E-state index in [-0.39, 0.29) is 18.2 Å². The third-order valence-electron chi connectivity index (χ3n) is 4.31. The molecule has 1 fully saturated rings. The average Bonchev–Trinajstić information content (AvgIpc) is 2.46. The highest BCUT2D eigenvalue weighted by atomic mass is 16.6. The minimum Gasteiger partial charge on any atom is -0.444 e. The Balaban J connectivity index is 2.09. The molecular formula is C19H29NO3. The molecule has 0 aliphatic carbocycles. The molecule has 2 rings (SSSR count). The zero-order valence-corrected chi connectivity index (χ0v) is 14.7. The predicted molar refractivity (Wildman–Crippen MR) is 91.2 cm³/mol. The standard InChI is InChI=1S/C19H29NO3/c1-14-9-8-12-16(20(14)18(22)23-19(2,3)4)13-17(21)15-10-6-5-7-11-15/h5-7,10-11,14,16-17,21H,8-9,12-13H2,1-4H3/t14-,16+,17+/m1/s1. The molecule has 1 amide bonds. The zero-order valence-electron chi connectivity index (χ0n) is 14.7. The number of carbonyl (C=O) groups is 1. The Morgan fingerprint density at radius 1 is 1.30 bits per heavy atom. The Bertz CT molecular complexity index is 509. The van der Waals surface area contributed by atoms with Gasteiger partial charge in [0.1, 0.15) is 5.60 Å². The highest BCUT2D eigenvalue weighted by Crippen LogP contribution is 2.31. The monoisotopic (exact) mass is 319 g/mol. The highest BCUT2D eigenvalue weighted by molar-refractivity contribution is 5.69. The Kier molecular flexibility index (Phi) is 5.69. The minimum atomic E-state index is -0.559. The normalized spacial score (nSPS) is 23.4. The quantitative estimate of drug-likeness (QED) is 0.904. The van der Waals surface area contributed by atoms with Crippen molar-refractivity contribution < 1.29 is 14.6 Å². The Labute approximate surface area is 139 Å². The molecule has 0 aromatic heterocycles. The van der Waals surface area contributed by atoms with Crippen LogP contribution in [0, 0.1) is 0 Å². The summed E-state index contributed by atoms with van der Waals surface area (Å²) in [7, 11) is 0. The first-order valence-electron chi connectivity index (χ1n) is 8.52. The van der Waals surface area contributed by atoms with E-state index in [1.54, 1.807) is 0 Å². The van der Waals surface area contributed by atoms with Gasteiger partial charge in [0, 0.05) is 12.1 Å². The molecule has 1 heterocycles. The molecule has 4 nitrogen and oxygen atoms in total. The summed E-state index contributed by atoms with van der Waals surface area (Å²) < 4.78 is 5.57. The predicted octanol–water partition coefficient (Wildman–Crippen LogP) is 4.29. The molecule has 4 heteroatoms. The number of likely N-dealkylation sites (tertiary alicyclic amines) is 1. The van der Waals surface area contributed by atoms with Crippen LogP contribution in [0.15, 0.2) is 30.3 Å². The van der Waals surface area contributed by atoms with Crippen LogP contribution in [0.2, 0.25) is 0 Å². The number of aliphatic hydroxyl groups is 1. The molecule has 0 radical (unpaired) electrons. The Morgan fingerprint density at radius 3 is 2.57 bits per heavy atom. The van der Waals surface area contributed by atoms with Crippen molar-refractivity contribution in [2.45, 2.75) is 77.2 Å². The van der Waals surface area contributed by atoms with Crippen LogP contribution in [0.25, 0.3) is 0 Å². The fourth-order valence-corrected chi connectivity index (χ4v) is 3.23. The highest BCUT2D eigenvalue weighted by Gasteiger charge is 2.35. The topological polar surface area (TPSA) is 49.8 Å². The summed E-state index contributed by atoms with van der Waals surface area (Å²) in [6, 6.07) is 9.80. The van der Waals surface area contributed by atoms with Crippen molar-refractivity contribution in [1.82, 2.24) is 4.90 Å². The number of piperidine rings is 1. The van der Waals surface area contributed by atoms with E-state index in [2.05, 4.69) is 6.92 Å². The van der Waals surface area contributed by atoms with Gasteiger partial charge in [0.15, 0.2) is 0 Å². The lowest BCUT2D eigenvalue weighted by atomic mass is 9.91. The molecule has 3 atom stereocenters. The van der Waals surface area contributed by atoms with Crippen LogP contribution in [-0.4, -0.2) is 33.8 Å². The number of benzene rings is 1. The van der Waals surface area contributed by atoms with Gasteiger partial charge in [-0.05, 0) is 58.9 Å². The van der Waals surface area contributed by atoms with E-state index < -0.39 is 11.7 Å². The van der Waals surface area contributed by atoms with Crippen molar-refractivity contribution in [2.75, 3.05) is 0 Å².